The molecule has 6 nitrogen and oxygen atoms in total. The Morgan fingerprint density at radius 2 is 2.29 bits per heavy atom. The number of aromatic carboxylic acids is 1. The van der Waals surface area contributed by atoms with Crippen LogP contribution in [-0.2, 0) is 14.8 Å². The van der Waals surface area contributed by atoms with Crippen molar-refractivity contribution in [2.24, 2.45) is 0 Å². The molecule has 1 fully saturated rings. The Morgan fingerprint density at radius 3 is 2.82 bits per heavy atom. The van der Waals surface area contributed by atoms with Gasteiger partial charge in [-0.2, -0.15) is 0 Å². The van der Waals surface area contributed by atoms with Crippen molar-refractivity contribution in [3.05, 3.63) is 17.0 Å². The summed E-state index contributed by atoms with van der Waals surface area (Å²) in [5.74, 6) is -1.12. The fraction of sp³-hybridized carbons (Fsp3) is 0.444. The highest BCUT2D eigenvalue weighted by molar-refractivity contribution is 7.91. The van der Waals surface area contributed by atoms with E-state index in [1.165, 1.54) is 12.1 Å². The first-order valence-electron chi connectivity index (χ1n) is 4.92. The van der Waals surface area contributed by atoms with Gasteiger partial charge in [0.15, 0.2) is 0 Å². The Bertz CT molecular complexity index is 515. The quantitative estimate of drug-likeness (QED) is 0.836. The zero-order valence-electron chi connectivity index (χ0n) is 8.75. The first kappa shape index (κ1) is 12.5. The third kappa shape index (κ3) is 2.83. The van der Waals surface area contributed by atoms with Gasteiger partial charge in [0, 0.05) is 12.6 Å². The van der Waals surface area contributed by atoms with Crippen molar-refractivity contribution in [1.82, 2.24) is 4.72 Å². The fourth-order valence-corrected chi connectivity index (χ4v) is 3.90. The number of sulfonamides is 1. The van der Waals surface area contributed by atoms with Crippen molar-refractivity contribution in [2.75, 3.05) is 13.2 Å². The van der Waals surface area contributed by atoms with E-state index in [4.69, 9.17) is 9.84 Å². The largest absolute Gasteiger partial charge is 0.477 e. The Morgan fingerprint density at radius 1 is 1.53 bits per heavy atom. The maximum absolute atomic E-state index is 11.9. The highest BCUT2D eigenvalue weighted by atomic mass is 32.2. The summed E-state index contributed by atoms with van der Waals surface area (Å²) in [7, 11) is -3.63. The number of hydrogen-bond acceptors (Lipinski definition) is 5. The molecule has 0 spiro atoms. The summed E-state index contributed by atoms with van der Waals surface area (Å²) < 4.78 is 31.3. The average Bonchev–Trinajstić information content (AvgIpc) is 2.84. The van der Waals surface area contributed by atoms with Gasteiger partial charge >= 0.3 is 5.97 Å². The predicted molar refractivity (Wildman–Crippen MR) is 60.8 cm³/mol. The molecule has 94 valence electrons. The molecule has 2 N–H and O–H groups in total. The molecule has 1 unspecified atom stereocenters. The van der Waals surface area contributed by atoms with E-state index in [2.05, 4.69) is 4.72 Å². The van der Waals surface area contributed by atoms with Crippen molar-refractivity contribution in [3.8, 4) is 0 Å². The van der Waals surface area contributed by atoms with Crippen LogP contribution < -0.4 is 4.72 Å². The summed E-state index contributed by atoms with van der Waals surface area (Å²) in [5.41, 5.74) is 0. The van der Waals surface area contributed by atoms with Crippen molar-refractivity contribution >= 4 is 27.3 Å². The third-order valence-electron chi connectivity index (χ3n) is 2.31. The third-order valence-corrected chi connectivity index (χ3v) is 5.39. The first-order chi connectivity index (χ1) is 7.99. The molecule has 1 aliphatic rings. The van der Waals surface area contributed by atoms with Gasteiger partial charge in [0.25, 0.3) is 0 Å². The minimum Gasteiger partial charge on any atom is -0.477 e. The van der Waals surface area contributed by atoms with Crippen LogP contribution in [-0.4, -0.2) is 38.7 Å². The lowest BCUT2D eigenvalue weighted by Crippen LogP contribution is -2.34. The van der Waals surface area contributed by atoms with E-state index in [1.807, 2.05) is 0 Å². The fourth-order valence-electron chi connectivity index (χ4n) is 1.48. The van der Waals surface area contributed by atoms with Gasteiger partial charge in [-0.15, -0.1) is 11.3 Å². The predicted octanol–water partition coefficient (Wildman–Crippen LogP) is 0.513. The molecule has 1 saturated heterocycles. The van der Waals surface area contributed by atoms with Crippen molar-refractivity contribution in [2.45, 2.75) is 16.7 Å². The zero-order chi connectivity index (χ0) is 12.5. The summed E-state index contributed by atoms with van der Waals surface area (Å²) in [6.07, 6.45) is 0.635. The number of thiophene rings is 1. The molecule has 0 bridgehead atoms. The van der Waals surface area contributed by atoms with Crippen LogP contribution in [0, 0.1) is 0 Å². The van der Waals surface area contributed by atoms with E-state index < -0.39 is 16.0 Å². The molecule has 17 heavy (non-hydrogen) atoms. The molecule has 0 aliphatic carbocycles. The maximum Gasteiger partial charge on any atom is 0.345 e. The second-order valence-electron chi connectivity index (χ2n) is 3.61. The summed E-state index contributed by atoms with van der Waals surface area (Å²) in [5, 5.41) is 8.72. The molecular weight excluding hydrogens is 266 g/mol. The molecule has 0 amide bonds. The van der Waals surface area contributed by atoms with Gasteiger partial charge in [0.1, 0.15) is 9.09 Å². The second-order valence-corrected chi connectivity index (χ2v) is 6.63. The first-order valence-corrected chi connectivity index (χ1v) is 7.22. The Kier molecular flexibility index (Phi) is 3.48. The van der Waals surface area contributed by atoms with Crippen LogP contribution in [0.25, 0.3) is 0 Å². The average molecular weight is 277 g/mol. The molecule has 1 aliphatic heterocycles. The summed E-state index contributed by atoms with van der Waals surface area (Å²) >= 11 is 0.740. The van der Waals surface area contributed by atoms with Crippen LogP contribution in [0.15, 0.2) is 16.3 Å². The number of nitrogens with one attached hydrogen (secondary N) is 1. The minimum absolute atomic E-state index is 0.00745. The van der Waals surface area contributed by atoms with E-state index in [1.54, 1.807) is 0 Å². The highest BCUT2D eigenvalue weighted by Crippen LogP contribution is 2.22. The molecule has 0 aromatic carbocycles. The summed E-state index contributed by atoms with van der Waals surface area (Å²) in [6, 6.07) is 2.36. The van der Waals surface area contributed by atoms with Crippen molar-refractivity contribution in [3.63, 3.8) is 0 Å². The molecule has 2 rings (SSSR count). The Hall–Kier alpha value is -0.960. The SMILES string of the molecule is O=C(O)c1ccc(S(=O)(=O)NC2CCOC2)s1. The smallest absolute Gasteiger partial charge is 0.345 e. The highest BCUT2D eigenvalue weighted by Gasteiger charge is 2.25. The van der Waals surface area contributed by atoms with Gasteiger partial charge in [-0.25, -0.2) is 17.9 Å². The van der Waals surface area contributed by atoms with Crippen molar-refractivity contribution in [1.29, 1.82) is 0 Å². The molecule has 1 aromatic rings. The molecule has 1 atom stereocenters. The van der Waals surface area contributed by atoms with E-state index >= 15 is 0 Å². The van der Waals surface area contributed by atoms with Crippen LogP contribution in [0.5, 0.6) is 0 Å². The van der Waals surface area contributed by atoms with Gasteiger partial charge in [0.05, 0.1) is 6.61 Å². The van der Waals surface area contributed by atoms with Gasteiger partial charge < -0.3 is 9.84 Å². The van der Waals surface area contributed by atoms with Crippen LogP contribution in [0.2, 0.25) is 0 Å². The Labute approximate surface area is 102 Å². The summed E-state index contributed by atoms with van der Waals surface area (Å²) in [4.78, 5) is 10.7. The molecule has 0 saturated carbocycles. The second kappa shape index (κ2) is 4.73. The molecular formula is C9H11NO5S2. The van der Waals surface area contributed by atoms with Crippen LogP contribution in [0.3, 0.4) is 0 Å². The lowest BCUT2D eigenvalue weighted by atomic mass is 10.3. The maximum atomic E-state index is 11.9. The lowest BCUT2D eigenvalue weighted by molar-refractivity contribution is 0.0702. The standard InChI is InChI=1S/C9H11NO5S2/c11-9(12)7-1-2-8(16-7)17(13,14)10-6-3-4-15-5-6/h1-2,6,10H,3-5H2,(H,11,12). The topological polar surface area (TPSA) is 92.7 Å². The zero-order valence-corrected chi connectivity index (χ0v) is 10.4. The monoisotopic (exact) mass is 277 g/mol. The number of carboxylic acid groups (broad SMARTS) is 1. The number of ether oxygens (including phenoxy) is 1. The minimum atomic E-state index is -3.63. The van der Waals surface area contributed by atoms with Gasteiger partial charge in [0.2, 0.25) is 10.0 Å². The van der Waals surface area contributed by atoms with Crippen LogP contribution in [0.4, 0.5) is 0 Å². The normalized spacial score (nSPS) is 20.6. The van der Waals surface area contributed by atoms with E-state index in [0.29, 0.717) is 19.6 Å². The Balaban J connectivity index is 2.15. The van der Waals surface area contributed by atoms with Gasteiger partial charge in [-0.1, -0.05) is 0 Å². The van der Waals surface area contributed by atoms with Gasteiger partial charge in [-0.05, 0) is 18.6 Å². The molecule has 2 heterocycles. The number of hydrogen-bond donors (Lipinski definition) is 2. The van der Waals surface area contributed by atoms with Crippen molar-refractivity contribution < 1.29 is 23.1 Å². The number of rotatable bonds is 4. The lowest BCUT2D eigenvalue weighted by Gasteiger charge is -2.09. The number of carboxylic acids is 1. The molecule has 8 heteroatoms. The van der Waals surface area contributed by atoms with E-state index in [9.17, 15) is 13.2 Å². The summed E-state index contributed by atoms with van der Waals surface area (Å²) in [6.45, 7) is 0.897. The molecule has 0 radical (unpaired) electrons. The van der Waals surface area contributed by atoms with E-state index in [-0.39, 0.29) is 15.1 Å². The van der Waals surface area contributed by atoms with E-state index in [0.717, 1.165) is 11.3 Å². The van der Waals surface area contributed by atoms with Gasteiger partial charge in [-0.3, -0.25) is 0 Å². The molecule has 1 aromatic heterocycles. The van der Waals surface area contributed by atoms with Crippen LogP contribution in [0.1, 0.15) is 16.1 Å². The number of carbonyl (C=O) groups is 1. The van der Waals surface area contributed by atoms with Crippen LogP contribution >= 0.6 is 11.3 Å².